The van der Waals surface area contributed by atoms with Crippen LogP contribution in [0, 0.1) is 6.92 Å². The van der Waals surface area contributed by atoms with E-state index >= 15 is 0 Å². The normalized spacial score (nSPS) is 10.6. The van der Waals surface area contributed by atoms with Crippen LogP contribution >= 0.6 is 0 Å². The molecule has 0 atom stereocenters. The molecule has 0 radical (unpaired) electrons. The molecule has 2 aromatic carbocycles. The number of ether oxygens (including phenoxy) is 1. The van der Waals surface area contributed by atoms with Gasteiger partial charge in [0.1, 0.15) is 5.75 Å². The van der Waals surface area contributed by atoms with Crippen molar-refractivity contribution < 1.29 is 4.74 Å². The average Bonchev–Trinajstić information content (AvgIpc) is 2.78. The summed E-state index contributed by atoms with van der Waals surface area (Å²) < 4.78 is 8.11. The van der Waals surface area contributed by atoms with Gasteiger partial charge in [-0.25, -0.2) is 19.1 Å². The molecule has 2 aromatic heterocycles. The van der Waals surface area contributed by atoms with Gasteiger partial charge in [0, 0.05) is 25.0 Å². The summed E-state index contributed by atoms with van der Waals surface area (Å²) in [5.74, 6) is 1.27. The smallest absolute Gasteiger partial charge is 0.354 e. The standard InChI is InChI=1S/C23H21N5O3/c1-16-6-8-17(9-7-16)15-28-21(26-22(29)27(2)23(28)30)25-18-10-12-19(13-11-18)31-20-5-3-4-14-24-20/h3-14H,15H2,1-2H3,(H,25,26,29). The van der Waals surface area contributed by atoms with E-state index in [0.717, 1.165) is 15.7 Å². The lowest BCUT2D eigenvalue weighted by Gasteiger charge is -2.14. The van der Waals surface area contributed by atoms with E-state index in [-0.39, 0.29) is 12.5 Å². The molecule has 2 heterocycles. The summed E-state index contributed by atoms with van der Waals surface area (Å²) in [5, 5.41) is 3.07. The summed E-state index contributed by atoms with van der Waals surface area (Å²) in [5.41, 5.74) is 1.64. The second-order valence-electron chi connectivity index (χ2n) is 7.05. The van der Waals surface area contributed by atoms with Gasteiger partial charge in [-0.2, -0.15) is 4.98 Å². The van der Waals surface area contributed by atoms with Crippen LogP contribution in [0.25, 0.3) is 0 Å². The Kier molecular flexibility index (Phi) is 5.61. The Hall–Kier alpha value is -4.20. The van der Waals surface area contributed by atoms with Crippen LogP contribution in [0.3, 0.4) is 0 Å². The Bertz CT molecular complexity index is 1290. The third-order valence-electron chi connectivity index (χ3n) is 4.69. The molecule has 4 aromatic rings. The highest BCUT2D eigenvalue weighted by molar-refractivity contribution is 5.55. The van der Waals surface area contributed by atoms with Gasteiger partial charge < -0.3 is 10.1 Å². The minimum Gasteiger partial charge on any atom is -0.439 e. The zero-order valence-electron chi connectivity index (χ0n) is 17.1. The lowest BCUT2D eigenvalue weighted by molar-refractivity contribution is 0.463. The van der Waals surface area contributed by atoms with E-state index in [1.165, 1.54) is 11.6 Å². The molecule has 0 bridgehead atoms. The van der Waals surface area contributed by atoms with Crippen LogP contribution < -0.4 is 21.4 Å². The molecule has 4 rings (SSSR count). The highest BCUT2D eigenvalue weighted by Gasteiger charge is 2.12. The van der Waals surface area contributed by atoms with Crippen molar-refractivity contribution in [3.05, 3.63) is 105 Å². The van der Waals surface area contributed by atoms with E-state index in [9.17, 15) is 9.59 Å². The Morgan fingerprint density at radius 2 is 1.71 bits per heavy atom. The van der Waals surface area contributed by atoms with Crippen molar-refractivity contribution in [3.63, 3.8) is 0 Å². The van der Waals surface area contributed by atoms with Crippen molar-refractivity contribution in [2.45, 2.75) is 13.5 Å². The minimum absolute atomic E-state index is 0.173. The lowest BCUT2D eigenvalue weighted by Crippen LogP contribution is -2.41. The van der Waals surface area contributed by atoms with Crippen LogP contribution in [0.15, 0.2) is 82.5 Å². The average molecular weight is 415 g/mol. The van der Waals surface area contributed by atoms with Crippen molar-refractivity contribution in [2.75, 3.05) is 5.32 Å². The molecule has 156 valence electrons. The zero-order valence-corrected chi connectivity index (χ0v) is 17.1. The Morgan fingerprint density at radius 1 is 0.968 bits per heavy atom. The molecular formula is C23H21N5O3. The second kappa shape index (κ2) is 8.66. The molecule has 0 unspecified atom stereocenters. The molecule has 0 aliphatic heterocycles. The molecule has 0 aliphatic rings. The van der Waals surface area contributed by atoms with Gasteiger partial charge in [-0.05, 0) is 42.8 Å². The predicted octanol–water partition coefficient (Wildman–Crippen LogP) is 3.23. The van der Waals surface area contributed by atoms with Crippen molar-refractivity contribution >= 4 is 11.6 Å². The highest BCUT2D eigenvalue weighted by atomic mass is 16.5. The number of hydrogen-bond acceptors (Lipinski definition) is 6. The van der Waals surface area contributed by atoms with E-state index in [4.69, 9.17) is 4.74 Å². The monoisotopic (exact) mass is 415 g/mol. The van der Waals surface area contributed by atoms with Crippen LogP contribution in [0.2, 0.25) is 0 Å². The van der Waals surface area contributed by atoms with E-state index < -0.39 is 11.4 Å². The fourth-order valence-electron chi connectivity index (χ4n) is 2.96. The van der Waals surface area contributed by atoms with E-state index in [0.29, 0.717) is 17.3 Å². The molecule has 8 nitrogen and oxygen atoms in total. The van der Waals surface area contributed by atoms with Crippen molar-refractivity contribution in [1.29, 1.82) is 0 Å². The van der Waals surface area contributed by atoms with Crippen molar-refractivity contribution in [1.82, 2.24) is 19.1 Å². The topological polar surface area (TPSA) is 91.0 Å². The molecule has 8 heteroatoms. The van der Waals surface area contributed by atoms with Crippen molar-refractivity contribution in [3.8, 4) is 11.6 Å². The molecule has 1 N–H and O–H groups in total. The van der Waals surface area contributed by atoms with Crippen LogP contribution in [0.5, 0.6) is 11.6 Å². The number of hydrogen-bond donors (Lipinski definition) is 1. The van der Waals surface area contributed by atoms with Crippen LogP contribution in [-0.2, 0) is 13.6 Å². The number of nitrogens with one attached hydrogen (secondary N) is 1. The number of aryl methyl sites for hydroxylation is 1. The van der Waals surface area contributed by atoms with Gasteiger partial charge in [-0.3, -0.25) is 4.57 Å². The summed E-state index contributed by atoms with van der Waals surface area (Å²) in [6.07, 6.45) is 1.65. The first-order valence-corrected chi connectivity index (χ1v) is 9.69. The lowest BCUT2D eigenvalue weighted by atomic mass is 10.1. The Labute approximate surface area is 178 Å². The number of aromatic nitrogens is 4. The maximum Gasteiger partial charge on any atom is 0.354 e. The van der Waals surface area contributed by atoms with Gasteiger partial charge in [-0.1, -0.05) is 35.9 Å². The Balaban J connectivity index is 1.61. The largest absolute Gasteiger partial charge is 0.439 e. The number of benzene rings is 2. The third kappa shape index (κ3) is 4.69. The van der Waals surface area contributed by atoms with Gasteiger partial charge in [-0.15, -0.1) is 0 Å². The molecule has 0 amide bonds. The van der Waals surface area contributed by atoms with Gasteiger partial charge in [0.15, 0.2) is 0 Å². The number of anilines is 2. The fraction of sp³-hybridized carbons (Fsp3) is 0.130. The van der Waals surface area contributed by atoms with Gasteiger partial charge in [0.2, 0.25) is 11.8 Å². The van der Waals surface area contributed by atoms with Gasteiger partial charge in [0.25, 0.3) is 0 Å². The number of rotatable bonds is 6. The quantitative estimate of drug-likeness (QED) is 0.520. The molecule has 0 saturated heterocycles. The molecule has 31 heavy (non-hydrogen) atoms. The first-order valence-electron chi connectivity index (χ1n) is 9.69. The maximum absolute atomic E-state index is 12.7. The summed E-state index contributed by atoms with van der Waals surface area (Å²) in [4.78, 5) is 33.1. The first kappa shape index (κ1) is 20.1. The second-order valence-corrected chi connectivity index (χ2v) is 7.05. The first-order chi connectivity index (χ1) is 15.0. The van der Waals surface area contributed by atoms with E-state index in [2.05, 4.69) is 15.3 Å². The third-order valence-corrected chi connectivity index (χ3v) is 4.69. The summed E-state index contributed by atoms with van der Waals surface area (Å²) in [7, 11) is 1.41. The molecule has 0 spiro atoms. The summed E-state index contributed by atoms with van der Waals surface area (Å²) in [6, 6.07) is 20.3. The fourth-order valence-corrected chi connectivity index (χ4v) is 2.96. The van der Waals surface area contributed by atoms with E-state index in [1.807, 2.05) is 43.3 Å². The van der Waals surface area contributed by atoms with Crippen LogP contribution in [0.4, 0.5) is 11.6 Å². The maximum atomic E-state index is 12.7. The predicted molar refractivity (Wildman–Crippen MR) is 118 cm³/mol. The van der Waals surface area contributed by atoms with Crippen LogP contribution in [-0.4, -0.2) is 19.1 Å². The van der Waals surface area contributed by atoms with E-state index in [1.54, 1.807) is 36.5 Å². The minimum atomic E-state index is -0.622. The SMILES string of the molecule is Cc1ccc(Cn2c(Nc3ccc(Oc4ccccn4)cc3)nc(=O)n(C)c2=O)cc1. The van der Waals surface area contributed by atoms with Crippen molar-refractivity contribution in [2.24, 2.45) is 7.05 Å². The Morgan fingerprint density at radius 3 is 2.39 bits per heavy atom. The van der Waals surface area contributed by atoms with Crippen LogP contribution in [0.1, 0.15) is 11.1 Å². The molecule has 0 fully saturated rings. The zero-order chi connectivity index (χ0) is 21.8. The molecule has 0 aliphatic carbocycles. The summed E-state index contributed by atoms with van der Waals surface area (Å²) >= 11 is 0. The van der Waals surface area contributed by atoms with Gasteiger partial charge in [0.05, 0.1) is 6.54 Å². The number of pyridine rings is 1. The highest BCUT2D eigenvalue weighted by Crippen LogP contribution is 2.22. The summed E-state index contributed by atoms with van der Waals surface area (Å²) in [6.45, 7) is 2.28. The molecular weight excluding hydrogens is 394 g/mol. The number of nitrogens with zero attached hydrogens (tertiary/aromatic N) is 4. The molecule has 0 saturated carbocycles. The van der Waals surface area contributed by atoms with Gasteiger partial charge >= 0.3 is 11.4 Å².